The van der Waals surface area contributed by atoms with Gasteiger partial charge >= 0.3 is 0 Å². The lowest BCUT2D eigenvalue weighted by Crippen LogP contribution is -2.37. The fourth-order valence-corrected chi connectivity index (χ4v) is 7.39. The first-order chi connectivity index (χ1) is 22.4. The molecule has 0 bridgehead atoms. The molecule has 1 aromatic heterocycles. The molecule has 0 radical (unpaired) electrons. The first-order valence-corrected chi connectivity index (χ1v) is 17.3. The SMILES string of the molecule is COc1c(NC(=O)c2cc3cccc(CN4CCC(CC(=O)C5CCCN5C)CC4)c3n2C)cc(C(C)(C)C)cc1C(=O)NC1CC1. The van der Waals surface area contributed by atoms with Crippen LogP contribution in [-0.2, 0) is 23.8 Å². The number of ketones is 1. The number of para-hydroxylation sites is 1. The van der Waals surface area contributed by atoms with Crippen LogP contribution < -0.4 is 15.4 Å². The van der Waals surface area contributed by atoms with Gasteiger partial charge in [-0.3, -0.25) is 24.2 Å². The second-order valence-electron chi connectivity index (χ2n) is 15.0. The van der Waals surface area contributed by atoms with E-state index in [4.69, 9.17) is 4.74 Å². The highest BCUT2D eigenvalue weighted by atomic mass is 16.5. The maximum absolute atomic E-state index is 13.9. The van der Waals surface area contributed by atoms with Crippen LogP contribution >= 0.6 is 0 Å². The summed E-state index contributed by atoms with van der Waals surface area (Å²) in [6.07, 6.45) is 6.87. The topological polar surface area (TPSA) is 95.9 Å². The predicted molar refractivity (Wildman–Crippen MR) is 186 cm³/mol. The number of anilines is 1. The third kappa shape index (κ3) is 7.26. The number of carbonyl (C=O) groups is 3. The van der Waals surface area contributed by atoms with Gasteiger partial charge in [-0.2, -0.15) is 0 Å². The van der Waals surface area contributed by atoms with Gasteiger partial charge in [-0.05, 0) is 106 Å². The summed E-state index contributed by atoms with van der Waals surface area (Å²) < 4.78 is 7.72. The first kappa shape index (κ1) is 33.2. The Kier molecular flexibility index (Phi) is 9.50. The molecule has 252 valence electrons. The van der Waals surface area contributed by atoms with Crippen LogP contribution in [0.15, 0.2) is 36.4 Å². The lowest BCUT2D eigenvalue weighted by molar-refractivity contribution is -0.124. The molecule has 1 saturated carbocycles. The van der Waals surface area contributed by atoms with Crippen LogP contribution in [0.5, 0.6) is 5.75 Å². The van der Waals surface area contributed by atoms with Gasteiger partial charge in [0.2, 0.25) is 0 Å². The van der Waals surface area contributed by atoms with E-state index in [0.717, 1.165) is 81.2 Å². The van der Waals surface area contributed by atoms with Crippen molar-refractivity contribution in [3.63, 3.8) is 0 Å². The van der Waals surface area contributed by atoms with Crippen molar-refractivity contribution in [1.29, 1.82) is 0 Å². The number of aryl methyl sites for hydroxylation is 1. The monoisotopic (exact) mass is 641 g/mol. The smallest absolute Gasteiger partial charge is 0.272 e. The van der Waals surface area contributed by atoms with Crippen molar-refractivity contribution in [3.05, 3.63) is 58.8 Å². The molecule has 1 aliphatic carbocycles. The van der Waals surface area contributed by atoms with Crippen molar-refractivity contribution in [2.24, 2.45) is 13.0 Å². The van der Waals surface area contributed by atoms with Crippen molar-refractivity contribution in [3.8, 4) is 5.75 Å². The number of carbonyl (C=O) groups excluding carboxylic acids is 3. The Morgan fingerprint density at radius 3 is 2.32 bits per heavy atom. The normalized spacial score (nSPS) is 19.7. The number of fused-ring (bicyclic) bond motifs is 1. The van der Waals surface area contributed by atoms with Crippen molar-refractivity contribution in [2.45, 2.75) is 89.8 Å². The zero-order valence-electron chi connectivity index (χ0n) is 28.9. The van der Waals surface area contributed by atoms with Gasteiger partial charge in [0.05, 0.1) is 29.9 Å². The van der Waals surface area contributed by atoms with Crippen molar-refractivity contribution in [1.82, 2.24) is 19.7 Å². The molecule has 2 aromatic carbocycles. The molecule has 3 aromatic rings. The standard InChI is InChI=1S/C38H51N5O4/c1-38(2,3)27-21-29(36(45)39-28-12-13-28)35(47-6)30(22-27)40-37(46)32-20-25-9-7-10-26(34(25)42(32)5)23-43-17-14-24(15-18-43)19-33(44)31-11-8-16-41(31)4/h7,9-10,20-22,24,28,31H,8,11-19,23H2,1-6H3,(H,39,45)(H,40,46). The Bertz CT molecular complexity index is 1660. The van der Waals surface area contributed by atoms with Gasteiger partial charge in [-0.1, -0.05) is 39.0 Å². The molecule has 2 saturated heterocycles. The largest absolute Gasteiger partial charge is 0.494 e. The highest BCUT2D eigenvalue weighted by Crippen LogP contribution is 2.37. The summed E-state index contributed by atoms with van der Waals surface area (Å²) in [6, 6.07) is 12.3. The van der Waals surface area contributed by atoms with Gasteiger partial charge in [0.1, 0.15) is 11.5 Å². The average Bonchev–Trinajstić information content (AvgIpc) is 3.63. The van der Waals surface area contributed by atoms with Crippen molar-refractivity contribution >= 4 is 34.2 Å². The van der Waals surface area contributed by atoms with Gasteiger partial charge < -0.3 is 19.9 Å². The maximum Gasteiger partial charge on any atom is 0.272 e. The third-order valence-electron chi connectivity index (χ3n) is 10.4. The Balaban J connectivity index is 1.18. The molecule has 1 atom stereocenters. The summed E-state index contributed by atoms with van der Waals surface area (Å²) in [5.74, 6) is 0.804. The number of aromatic nitrogens is 1. The fraction of sp³-hybridized carbons (Fsp3) is 0.553. The summed E-state index contributed by atoms with van der Waals surface area (Å²) in [5.41, 5.74) is 4.36. The maximum atomic E-state index is 13.9. The molecule has 3 heterocycles. The minimum Gasteiger partial charge on any atom is -0.494 e. The first-order valence-electron chi connectivity index (χ1n) is 17.3. The molecule has 2 amide bonds. The molecule has 6 rings (SSSR count). The van der Waals surface area contributed by atoms with Crippen LogP contribution in [0, 0.1) is 5.92 Å². The predicted octanol–water partition coefficient (Wildman–Crippen LogP) is 5.89. The van der Waals surface area contributed by atoms with Crippen LogP contribution in [-0.4, -0.2) is 77.8 Å². The second kappa shape index (κ2) is 13.4. The molecule has 3 aliphatic rings. The highest BCUT2D eigenvalue weighted by molar-refractivity contribution is 6.09. The van der Waals surface area contributed by atoms with E-state index in [-0.39, 0.29) is 29.3 Å². The molecule has 3 fully saturated rings. The molecular formula is C38H51N5O4. The number of piperidine rings is 1. The Hall–Kier alpha value is -3.69. The third-order valence-corrected chi connectivity index (χ3v) is 10.4. The average molecular weight is 642 g/mol. The van der Waals surface area contributed by atoms with E-state index in [1.807, 2.05) is 29.8 Å². The van der Waals surface area contributed by atoms with E-state index in [1.54, 1.807) is 0 Å². The lowest BCUT2D eigenvalue weighted by Gasteiger charge is -2.32. The van der Waals surface area contributed by atoms with E-state index in [2.05, 4.69) is 66.5 Å². The van der Waals surface area contributed by atoms with Gasteiger partial charge in [-0.25, -0.2) is 0 Å². The fourth-order valence-electron chi connectivity index (χ4n) is 7.39. The molecule has 2 N–H and O–H groups in total. The Labute approximate surface area is 279 Å². The number of benzene rings is 2. The number of Topliss-reactive ketones (excluding diaryl/α,β-unsaturated/α-hetero) is 1. The van der Waals surface area contributed by atoms with E-state index < -0.39 is 0 Å². The summed E-state index contributed by atoms with van der Waals surface area (Å²) in [7, 11) is 5.55. The summed E-state index contributed by atoms with van der Waals surface area (Å²) in [5, 5.41) is 7.17. The van der Waals surface area contributed by atoms with Crippen LogP contribution in [0.25, 0.3) is 10.9 Å². The van der Waals surface area contributed by atoms with E-state index in [1.165, 1.54) is 12.7 Å². The Morgan fingerprint density at radius 2 is 1.68 bits per heavy atom. The highest BCUT2D eigenvalue weighted by Gasteiger charge is 2.31. The van der Waals surface area contributed by atoms with Crippen molar-refractivity contribution < 1.29 is 19.1 Å². The number of likely N-dealkylation sites (N-methyl/N-ethyl adjacent to an activating group) is 1. The number of methoxy groups -OCH3 is 1. The quantitative estimate of drug-likeness (QED) is 0.287. The summed E-state index contributed by atoms with van der Waals surface area (Å²) in [6.45, 7) is 10.0. The molecule has 2 aliphatic heterocycles. The zero-order chi connectivity index (χ0) is 33.5. The van der Waals surface area contributed by atoms with E-state index >= 15 is 0 Å². The van der Waals surface area contributed by atoms with Crippen molar-refractivity contribution in [2.75, 3.05) is 39.1 Å². The molecular weight excluding hydrogens is 590 g/mol. The number of ether oxygens (including phenoxy) is 1. The number of nitrogens with zero attached hydrogens (tertiary/aromatic N) is 3. The van der Waals surface area contributed by atoms with Crippen LogP contribution in [0.3, 0.4) is 0 Å². The molecule has 9 heteroatoms. The number of hydrogen-bond donors (Lipinski definition) is 2. The van der Waals surface area contributed by atoms with Gasteiger partial charge in [0, 0.05) is 31.4 Å². The second-order valence-corrected chi connectivity index (χ2v) is 15.0. The number of amides is 2. The minimum absolute atomic E-state index is 0.117. The Morgan fingerprint density at radius 1 is 0.936 bits per heavy atom. The number of likely N-dealkylation sites (tertiary alicyclic amines) is 2. The summed E-state index contributed by atoms with van der Waals surface area (Å²) in [4.78, 5) is 44.8. The molecule has 0 spiro atoms. The number of rotatable bonds is 10. The van der Waals surface area contributed by atoms with Gasteiger partial charge in [0.15, 0.2) is 5.75 Å². The van der Waals surface area contributed by atoms with E-state index in [0.29, 0.717) is 40.8 Å². The molecule has 1 unspecified atom stereocenters. The summed E-state index contributed by atoms with van der Waals surface area (Å²) >= 11 is 0. The van der Waals surface area contributed by atoms with Gasteiger partial charge in [0.25, 0.3) is 11.8 Å². The number of nitrogens with one attached hydrogen (secondary N) is 2. The van der Waals surface area contributed by atoms with Crippen LogP contribution in [0.4, 0.5) is 5.69 Å². The van der Waals surface area contributed by atoms with E-state index in [9.17, 15) is 14.4 Å². The minimum atomic E-state index is -0.258. The zero-order valence-corrected chi connectivity index (χ0v) is 28.9. The molecule has 47 heavy (non-hydrogen) atoms. The van der Waals surface area contributed by atoms with Crippen LogP contribution in [0.2, 0.25) is 0 Å². The number of hydrogen-bond acceptors (Lipinski definition) is 6. The lowest BCUT2D eigenvalue weighted by atomic mass is 9.85. The van der Waals surface area contributed by atoms with Crippen LogP contribution in [0.1, 0.15) is 97.7 Å². The van der Waals surface area contributed by atoms with Gasteiger partial charge in [-0.15, -0.1) is 0 Å². The molecule has 9 nitrogen and oxygen atoms in total.